The van der Waals surface area contributed by atoms with E-state index in [1.165, 1.54) is 4.80 Å². The SMILES string of the molecule is CCCOc1ccc(-n2nc(C)c(C(=O)O)n2)cc1C#N. The summed E-state index contributed by atoms with van der Waals surface area (Å²) in [5.74, 6) is -0.646. The lowest BCUT2D eigenvalue weighted by Crippen LogP contribution is -2.04. The van der Waals surface area contributed by atoms with E-state index >= 15 is 0 Å². The third-order valence-electron chi connectivity index (χ3n) is 2.76. The summed E-state index contributed by atoms with van der Waals surface area (Å²) >= 11 is 0. The van der Waals surface area contributed by atoms with Crippen LogP contribution in [0.1, 0.15) is 35.1 Å². The van der Waals surface area contributed by atoms with Crippen LogP contribution in [0.4, 0.5) is 0 Å². The molecule has 0 radical (unpaired) electrons. The lowest BCUT2D eigenvalue weighted by atomic mass is 10.2. The number of aryl methyl sites for hydroxylation is 1. The fourth-order valence-electron chi connectivity index (χ4n) is 1.76. The fourth-order valence-corrected chi connectivity index (χ4v) is 1.76. The number of aromatic carboxylic acids is 1. The predicted molar refractivity (Wildman–Crippen MR) is 73.6 cm³/mol. The molecule has 0 atom stereocenters. The van der Waals surface area contributed by atoms with Gasteiger partial charge in [-0.2, -0.15) is 15.2 Å². The second-order valence-corrected chi connectivity index (χ2v) is 4.37. The van der Waals surface area contributed by atoms with Gasteiger partial charge in [-0.15, -0.1) is 5.10 Å². The molecule has 1 aromatic heterocycles. The van der Waals surface area contributed by atoms with Gasteiger partial charge in [-0.1, -0.05) is 6.92 Å². The monoisotopic (exact) mass is 286 g/mol. The zero-order valence-corrected chi connectivity index (χ0v) is 11.7. The van der Waals surface area contributed by atoms with Crippen LogP contribution < -0.4 is 4.74 Å². The molecule has 1 N–H and O–H groups in total. The van der Waals surface area contributed by atoms with E-state index in [-0.39, 0.29) is 5.69 Å². The lowest BCUT2D eigenvalue weighted by Gasteiger charge is -2.07. The van der Waals surface area contributed by atoms with Gasteiger partial charge in [0.25, 0.3) is 0 Å². The maximum Gasteiger partial charge on any atom is 0.358 e. The molecule has 7 heteroatoms. The molecule has 0 aliphatic heterocycles. The molecular formula is C14H14N4O3. The number of hydrogen-bond acceptors (Lipinski definition) is 5. The number of nitrogens with zero attached hydrogens (tertiary/aromatic N) is 4. The van der Waals surface area contributed by atoms with E-state index < -0.39 is 5.97 Å². The summed E-state index contributed by atoms with van der Waals surface area (Å²) in [4.78, 5) is 12.2. The number of carboxylic acids is 1. The van der Waals surface area contributed by atoms with Crippen molar-refractivity contribution >= 4 is 5.97 Å². The zero-order valence-electron chi connectivity index (χ0n) is 11.7. The number of carboxylic acid groups (broad SMARTS) is 1. The van der Waals surface area contributed by atoms with Crippen LogP contribution in [0, 0.1) is 18.3 Å². The van der Waals surface area contributed by atoms with E-state index in [2.05, 4.69) is 10.2 Å². The minimum absolute atomic E-state index is 0.111. The highest BCUT2D eigenvalue weighted by atomic mass is 16.5. The largest absolute Gasteiger partial charge is 0.492 e. The summed E-state index contributed by atoms with van der Waals surface area (Å²) in [6.45, 7) is 4.07. The Morgan fingerprint density at radius 1 is 1.48 bits per heavy atom. The first-order valence-electron chi connectivity index (χ1n) is 6.41. The second-order valence-electron chi connectivity index (χ2n) is 4.37. The molecule has 0 spiro atoms. The number of carbonyl (C=O) groups is 1. The average Bonchev–Trinajstić information content (AvgIpc) is 2.87. The fraction of sp³-hybridized carbons (Fsp3) is 0.286. The number of nitriles is 1. The van der Waals surface area contributed by atoms with E-state index in [9.17, 15) is 4.79 Å². The molecule has 0 saturated heterocycles. The molecule has 0 unspecified atom stereocenters. The van der Waals surface area contributed by atoms with Gasteiger partial charge in [-0.05, 0) is 31.5 Å². The normalized spacial score (nSPS) is 10.1. The van der Waals surface area contributed by atoms with Gasteiger partial charge in [0.05, 0.1) is 23.6 Å². The van der Waals surface area contributed by atoms with E-state index in [1.807, 2.05) is 13.0 Å². The van der Waals surface area contributed by atoms with Gasteiger partial charge in [0.1, 0.15) is 11.8 Å². The first kappa shape index (κ1) is 14.5. The average molecular weight is 286 g/mol. The van der Waals surface area contributed by atoms with Crippen molar-refractivity contribution in [2.45, 2.75) is 20.3 Å². The van der Waals surface area contributed by atoms with Crippen molar-refractivity contribution in [1.82, 2.24) is 15.0 Å². The van der Waals surface area contributed by atoms with Crippen LogP contribution in [-0.2, 0) is 0 Å². The highest BCUT2D eigenvalue weighted by molar-refractivity contribution is 5.86. The highest BCUT2D eigenvalue weighted by Gasteiger charge is 2.15. The van der Waals surface area contributed by atoms with Gasteiger partial charge >= 0.3 is 5.97 Å². The molecule has 0 aliphatic carbocycles. The number of benzene rings is 1. The molecule has 0 aliphatic rings. The van der Waals surface area contributed by atoms with Crippen molar-refractivity contribution < 1.29 is 14.6 Å². The summed E-state index contributed by atoms with van der Waals surface area (Å²) in [5, 5.41) is 26.1. The van der Waals surface area contributed by atoms with Crippen molar-refractivity contribution in [3.63, 3.8) is 0 Å². The molecule has 1 aromatic carbocycles. The Kier molecular flexibility index (Phi) is 4.18. The number of aromatic nitrogens is 3. The van der Waals surface area contributed by atoms with Gasteiger partial charge in [0.15, 0.2) is 5.69 Å². The Bertz CT molecular complexity index is 715. The molecule has 0 saturated carbocycles. The summed E-state index contributed by atoms with van der Waals surface area (Å²) in [5.41, 5.74) is 1.06. The minimum Gasteiger partial charge on any atom is -0.492 e. The van der Waals surface area contributed by atoms with Gasteiger partial charge in [0, 0.05) is 0 Å². The maximum absolute atomic E-state index is 11.0. The van der Waals surface area contributed by atoms with Crippen LogP contribution in [0.5, 0.6) is 5.75 Å². The van der Waals surface area contributed by atoms with Crippen molar-refractivity contribution in [3.8, 4) is 17.5 Å². The molecule has 2 rings (SSSR count). The molecule has 0 amide bonds. The van der Waals surface area contributed by atoms with Gasteiger partial charge in [0.2, 0.25) is 0 Å². The number of rotatable bonds is 5. The van der Waals surface area contributed by atoms with Crippen LogP contribution in [0.3, 0.4) is 0 Å². The molecule has 1 heterocycles. The van der Waals surface area contributed by atoms with Gasteiger partial charge < -0.3 is 9.84 Å². The van der Waals surface area contributed by atoms with Crippen molar-refractivity contribution in [2.24, 2.45) is 0 Å². The maximum atomic E-state index is 11.0. The Hall–Kier alpha value is -2.88. The first-order valence-corrected chi connectivity index (χ1v) is 6.41. The first-order chi connectivity index (χ1) is 10.1. The molecule has 0 fully saturated rings. The number of hydrogen-bond donors (Lipinski definition) is 1. The van der Waals surface area contributed by atoms with E-state index in [0.29, 0.717) is 29.3 Å². The predicted octanol–water partition coefficient (Wildman–Crippen LogP) is 1.93. The van der Waals surface area contributed by atoms with Gasteiger partial charge in [-0.25, -0.2) is 4.79 Å². The summed E-state index contributed by atoms with van der Waals surface area (Å²) in [7, 11) is 0. The lowest BCUT2D eigenvalue weighted by molar-refractivity contribution is 0.0689. The van der Waals surface area contributed by atoms with Crippen molar-refractivity contribution in [2.75, 3.05) is 6.61 Å². The van der Waals surface area contributed by atoms with Crippen LogP contribution in [0.2, 0.25) is 0 Å². The Morgan fingerprint density at radius 3 is 2.81 bits per heavy atom. The van der Waals surface area contributed by atoms with Crippen LogP contribution in [0.25, 0.3) is 5.69 Å². The van der Waals surface area contributed by atoms with Gasteiger partial charge in [-0.3, -0.25) is 0 Å². The standard InChI is InChI=1S/C14H14N4O3/c1-3-6-21-12-5-4-11(7-10(12)8-15)18-16-9(2)13(17-18)14(19)20/h4-5,7H,3,6H2,1-2H3,(H,19,20). The van der Waals surface area contributed by atoms with Crippen LogP contribution >= 0.6 is 0 Å². The zero-order chi connectivity index (χ0) is 15.4. The molecule has 2 aromatic rings. The Morgan fingerprint density at radius 2 is 2.24 bits per heavy atom. The topological polar surface area (TPSA) is 101 Å². The van der Waals surface area contributed by atoms with Crippen molar-refractivity contribution in [1.29, 1.82) is 5.26 Å². The second kappa shape index (κ2) is 6.05. The summed E-state index contributed by atoms with van der Waals surface area (Å²) in [6.07, 6.45) is 0.842. The third-order valence-corrected chi connectivity index (χ3v) is 2.76. The van der Waals surface area contributed by atoms with E-state index in [1.54, 1.807) is 25.1 Å². The minimum atomic E-state index is -1.14. The smallest absolute Gasteiger partial charge is 0.358 e. The Labute approximate surface area is 121 Å². The number of ether oxygens (including phenoxy) is 1. The van der Waals surface area contributed by atoms with E-state index in [0.717, 1.165) is 6.42 Å². The molecule has 108 valence electrons. The van der Waals surface area contributed by atoms with E-state index in [4.69, 9.17) is 15.1 Å². The molecule has 0 bridgehead atoms. The summed E-state index contributed by atoms with van der Waals surface area (Å²) < 4.78 is 5.47. The molecular weight excluding hydrogens is 272 g/mol. The molecule has 7 nitrogen and oxygen atoms in total. The third kappa shape index (κ3) is 3.00. The quantitative estimate of drug-likeness (QED) is 0.901. The van der Waals surface area contributed by atoms with Crippen LogP contribution in [-0.4, -0.2) is 32.7 Å². The Balaban J connectivity index is 2.39. The van der Waals surface area contributed by atoms with Crippen molar-refractivity contribution in [3.05, 3.63) is 35.2 Å². The molecule has 21 heavy (non-hydrogen) atoms. The summed E-state index contributed by atoms with van der Waals surface area (Å²) in [6, 6.07) is 6.95. The highest BCUT2D eigenvalue weighted by Crippen LogP contribution is 2.21. The van der Waals surface area contributed by atoms with Crippen LogP contribution in [0.15, 0.2) is 18.2 Å².